The van der Waals surface area contributed by atoms with Gasteiger partial charge in [0.25, 0.3) is 0 Å². The van der Waals surface area contributed by atoms with Gasteiger partial charge in [0.1, 0.15) is 0 Å². The minimum Gasteiger partial charge on any atom is -0.305 e. The monoisotopic (exact) mass is 164 g/mol. The van der Waals surface area contributed by atoms with Gasteiger partial charge in [-0.15, -0.1) is 0 Å². The molecule has 0 saturated heterocycles. The summed E-state index contributed by atoms with van der Waals surface area (Å²) in [5.74, 6) is 1.39. The molecule has 0 aromatic heterocycles. The molecule has 0 aromatic carbocycles. The third-order valence-corrected chi connectivity index (χ3v) is 2.43. The number of rotatable bonds is 2. The molecule has 0 aromatic rings. The van der Waals surface area contributed by atoms with E-state index in [1.54, 1.807) is 0 Å². The van der Waals surface area contributed by atoms with Crippen LogP contribution in [0.5, 0.6) is 0 Å². The van der Waals surface area contributed by atoms with Gasteiger partial charge in [-0.1, -0.05) is 13.8 Å². The summed E-state index contributed by atoms with van der Waals surface area (Å²) in [5, 5.41) is 0. The summed E-state index contributed by atoms with van der Waals surface area (Å²) in [7, 11) is 0. The second-order valence-electron chi connectivity index (χ2n) is 3.92. The van der Waals surface area contributed by atoms with Gasteiger partial charge in [-0.25, -0.2) is 0 Å². The summed E-state index contributed by atoms with van der Waals surface area (Å²) < 4.78 is 0. The third-order valence-electron chi connectivity index (χ3n) is 2.43. The van der Waals surface area contributed by atoms with Crippen molar-refractivity contribution in [2.75, 3.05) is 0 Å². The van der Waals surface area contributed by atoms with Crippen molar-refractivity contribution < 1.29 is 0 Å². The van der Waals surface area contributed by atoms with Crippen LogP contribution in [0.3, 0.4) is 0 Å². The number of hydrazine groups is 1. The van der Waals surface area contributed by atoms with Crippen LogP contribution in [0.2, 0.25) is 0 Å². The van der Waals surface area contributed by atoms with Crippen molar-refractivity contribution >= 4 is 0 Å². The lowest BCUT2D eigenvalue weighted by Crippen LogP contribution is -2.35. The molecule has 1 saturated carbocycles. The van der Waals surface area contributed by atoms with Crippen LogP contribution in [-0.4, -0.2) is 0 Å². The Kier molecular flexibility index (Phi) is 1.83. The molecule has 2 N–H and O–H groups in total. The number of nitrogens with one attached hydrogen (secondary N) is 2. The van der Waals surface area contributed by atoms with Crippen LogP contribution in [-0.2, 0) is 0 Å². The van der Waals surface area contributed by atoms with Gasteiger partial charge in [0.05, 0.1) is 0 Å². The SMILES string of the molecule is CC(C)C1=CC=C(C2CC2)NN1. The van der Waals surface area contributed by atoms with Crippen LogP contribution < -0.4 is 10.9 Å². The topological polar surface area (TPSA) is 24.1 Å². The zero-order valence-electron chi connectivity index (χ0n) is 7.72. The maximum absolute atomic E-state index is 3.26. The number of allylic oxidation sites excluding steroid dienone is 4. The van der Waals surface area contributed by atoms with Gasteiger partial charge in [0.2, 0.25) is 0 Å². The quantitative estimate of drug-likeness (QED) is 0.651. The summed E-state index contributed by atoms with van der Waals surface area (Å²) in [6, 6.07) is 0. The van der Waals surface area contributed by atoms with Crippen LogP contribution in [0.15, 0.2) is 23.5 Å². The average molecular weight is 164 g/mol. The summed E-state index contributed by atoms with van der Waals surface area (Å²) in [4.78, 5) is 0. The molecule has 1 fully saturated rings. The van der Waals surface area contributed by atoms with Crippen LogP contribution in [0.4, 0.5) is 0 Å². The van der Waals surface area contributed by atoms with Crippen LogP contribution >= 0.6 is 0 Å². The molecule has 2 rings (SSSR count). The maximum atomic E-state index is 3.26. The molecular weight excluding hydrogens is 148 g/mol. The molecule has 0 bridgehead atoms. The molecule has 1 aliphatic heterocycles. The highest BCUT2D eigenvalue weighted by atomic mass is 15.4. The Balaban J connectivity index is 2.04. The Morgan fingerprint density at radius 1 is 1.25 bits per heavy atom. The first-order chi connectivity index (χ1) is 5.77. The Morgan fingerprint density at radius 3 is 2.42 bits per heavy atom. The second-order valence-corrected chi connectivity index (χ2v) is 3.92. The van der Waals surface area contributed by atoms with Gasteiger partial charge in [-0.05, 0) is 30.9 Å². The van der Waals surface area contributed by atoms with E-state index in [1.807, 2.05) is 0 Å². The smallest absolute Gasteiger partial charge is 0.0345 e. The molecule has 2 aliphatic rings. The molecule has 0 unspecified atom stereocenters. The van der Waals surface area contributed by atoms with E-state index in [2.05, 4.69) is 36.9 Å². The van der Waals surface area contributed by atoms with Crippen molar-refractivity contribution in [1.82, 2.24) is 10.9 Å². The Labute approximate surface area is 73.7 Å². The normalized spacial score (nSPS) is 22.6. The van der Waals surface area contributed by atoms with E-state index >= 15 is 0 Å². The minimum absolute atomic E-state index is 0.578. The minimum atomic E-state index is 0.578. The fourth-order valence-corrected chi connectivity index (χ4v) is 1.38. The van der Waals surface area contributed by atoms with Gasteiger partial charge < -0.3 is 10.9 Å². The molecular formula is C10H16N2. The fraction of sp³-hybridized carbons (Fsp3) is 0.600. The Bertz CT molecular complexity index is 216. The van der Waals surface area contributed by atoms with Crippen molar-refractivity contribution in [2.24, 2.45) is 11.8 Å². The van der Waals surface area contributed by atoms with Gasteiger partial charge >= 0.3 is 0 Å². The first-order valence-electron chi connectivity index (χ1n) is 4.71. The lowest BCUT2D eigenvalue weighted by molar-refractivity contribution is 0.567. The highest BCUT2D eigenvalue weighted by Gasteiger charge is 2.26. The van der Waals surface area contributed by atoms with Crippen molar-refractivity contribution in [1.29, 1.82) is 0 Å². The molecule has 1 aliphatic carbocycles. The van der Waals surface area contributed by atoms with E-state index in [-0.39, 0.29) is 0 Å². The van der Waals surface area contributed by atoms with E-state index < -0.39 is 0 Å². The van der Waals surface area contributed by atoms with Crippen molar-refractivity contribution in [3.63, 3.8) is 0 Å². The molecule has 2 nitrogen and oxygen atoms in total. The van der Waals surface area contributed by atoms with Gasteiger partial charge in [-0.2, -0.15) is 0 Å². The zero-order valence-corrected chi connectivity index (χ0v) is 7.72. The number of hydrogen-bond donors (Lipinski definition) is 2. The first-order valence-corrected chi connectivity index (χ1v) is 4.71. The standard InChI is InChI=1S/C10H16N2/c1-7(2)9-5-6-10(12-11-9)8-3-4-8/h5-8,11-12H,3-4H2,1-2H3. The van der Waals surface area contributed by atoms with E-state index in [0.717, 1.165) is 5.92 Å². The predicted octanol–water partition coefficient (Wildman–Crippen LogP) is 1.93. The summed E-state index contributed by atoms with van der Waals surface area (Å²) >= 11 is 0. The van der Waals surface area contributed by atoms with Crippen molar-refractivity contribution in [2.45, 2.75) is 26.7 Å². The highest BCUT2D eigenvalue weighted by Crippen LogP contribution is 2.35. The van der Waals surface area contributed by atoms with Crippen molar-refractivity contribution in [3.8, 4) is 0 Å². The third kappa shape index (κ3) is 1.47. The van der Waals surface area contributed by atoms with Crippen LogP contribution in [0, 0.1) is 11.8 Å². The Morgan fingerprint density at radius 2 is 2.00 bits per heavy atom. The summed E-state index contributed by atoms with van der Waals surface area (Å²) in [6.45, 7) is 4.38. The summed E-state index contributed by atoms with van der Waals surface area (Å²) in [6.07, 6.45) is 7.11. The molecule has 0 amide bonds. The second kappa shape index (κ2) is 2.85. The maximum Gasteiger partial charge on any atom is 0.0345 e. The lowest BCUT2D eigenvalue weighted by Gasteiger charge is -2.21. The molecule has 1 heterocycles. The van der Waals surface area contributed by atoms with Crippen LogP contribution in [0.1, 0.15) is 26.7 Å². The lowest BCUT2D eigenvalue weighted by atomic mass is 10.1. The molecule has 0 spiro atoms. The van der Waals surface area contributed by atoms with E-state index in [9.17, 15) is 0 Å². The molecule has 0 atom stereocenters. The Hall–Kier alpha value is -0.920. The zero-order chi connectivity index (χ0) is 8.55. The van der Waals surface area contributed by atoms with Crippen LogP contribution in [0.25, 0.3) is 0 Å². The highest BCUT2D eigenvalue weighted by molar-refractivity contribution is 5.24. The molecule has 66 valence electrons. The van der Waals surface area contributed by atoms with E-state index in [1.165, 1.54) is 24.2 Å². The van der Waals surface area contributed by atoms with Gasteiger partial charge in [0.15, 0.2) is 0 Å². The summed E-state index contributed by atoms with van der Waals surface area (Å²) in [5.41, 5.74) is 9.13. The van der Waals surface area contributed by atoms with E-state index in [0.29, 0.717) is 5.92 Å². The van der Waals surface area contributed by atoms with Crippen molar-refractivity contribution in [3.05, 3.63) is 23.5 Å². The fourth-order valence-electron chi connectivity index (χ4n) is 1.38. The average Bonchev–Trinajstić information content (AvgIpc) is 2.87. The molecule has 0 radical (unpaired) electrons. The number of hydrogen-bond acceptors (Lipinski definition) is 2. The largest absolute Gasteiger partial charge is 0.305 e. The predicted molar refractivity (Wildman–Crippen MR) is 50.0 cm³/mol. The van der Waals surface area contributed by atoms with Gasteiger partial charge in [0, 0.05) is 17.3 Å². The molecule has 12 heavy (non-hydrogen) atoms. The van der Waals surface area contributed by atoms with Gasteiger partial charge in [-0.3, -0.25) is 0 Å². The van der Waals surface area contributed by atoms with E-state index in [4.69, 9.17) is 0 Å². The first kappa shape index (κ1) is 7.71. The molecule has 2 heteroatoms.